The molecule has 0 amide bonds. The predicted octanol–water partition coefficient (Wildman–Crippen LogP) is 6.22. The summed E-state index contributed by atoms with van der Waals surface area (Å²) in [4.78, 5) is 0. The van der Waals surface area contributed by atoms with Crippen molar-refractivity contribution in [1.29, 1.82) is 0 Å². The highest BCUT2D eigenvalue weighted by Crippen LogP contribution is 2.30. The summed E-state index contributed by atoms with van der Waals surface area (Å²) >= 11 is 11.2. The van der Waals surface area contributed by atoms with E-state index < -0.39 is 0 Å². The standard InChI is InChI=1S/C23H36Cl2O5/c1-5-19-17-20(29-15-10-21(24)25)16-18(4)23(19)30-13-9-8-12-26-14-11-22(27-6-2)28-7-3/h10,16-17,22H,5-9,11-15H2,1-4H3. The van der Waals surface area contributed by atoms with E-state index >= 15 is 0 Å². The van der Waals surface area contributed by atoms with Gasteiger partial charge in [-0.3, -0.25) is 0 Å². The van der Waals surface area contributed by atoms with Crippen molar-refractivity contribution in [3.05, 3.63) is 33.8 Å². The van der Waals surface area contributed by atoms with Gasteiger partial charge in [0.15, 0.2) is 6.29 Å². The van der Waals surface area contributed by atoms with Gasteiger partial charge in [0.25, 0.3) is 0 Å². The van der Waals surface area contributed by atoms with Crippen LogP contribution < -0.4 is 9.47 Å². The first-order valence-corrected chi connectivity index (χ1v) is 11.5. The molecule has 0 atom stereocenters. The number of hydrogen-bond donors (Lipinski definition) is 0. The molecule has 0 aliphatic carbocycles. The predicted molar refractivity (Wildman–Crippen MR) is 123 cm³/mol. The van der Waals surface area contributed by atoms with Gasteiger partial charge in [0.05, 0.1) is 13.2 Å². The molecule has 0 radical (unpaired) electrons. The topological polar surface area (TPSA) is 46.2 Å². The highest BCUT2D eigenvalue weighted by atomic mass is 35.5. The van der Waals surface area contributed by atoms with Crippen molar-refractivity contribution in [3.63, 3.8) is 0 Å². The maximum Gasteiger partial charge on any atom is 0.159 e. The molecule has 1 aromatic carbocycles. The lowest BCUT2D eigenvalue weighted by Crippen LogP contribution is -2.19. The highest BCUT2D eigenvalue weighted by molar-refractivity contribution is 6.55. The van der Waals surface area contributed by atoms with Crippen molar-refractivity contribution < 1.29 is 23.7 Å². The molecule has 0 aromatic heterocycles. The third-order valence-electron chi connectivity index (χ3n) is 4.33. The molecule has 1 aromatic rings. The molecule has 30 heavy (non-hydrogen) atoms. The molecule has 0 saturated carbocycles. The number of aryl methyl sites for hydroxylation is 2. The van der Waals surface area contributed by atoms with Crippen molar-refractivity contribution >= 4 is 23.2 Å². The quantitative estimate of drug-likeness (QED) is 0.203. The summed E-state index contributed by atoms with van der Waals surface area (Å²) in [5.74, 6) is 1.72. The summed E-state index contributed by atoms with van der Waals surface area (Å²) in [7, 11) is 0. The number of ether oxygens (including phenoxy) is 5. The van der Waals surface area contributed by atoms with E-state index in [-0.39, 0.29) is 10.8 Å². The zero-order chi connectivity index (χ0) is 22.2. The molecule has 0 aliphatic rings. The van der Waals surface area contributed by atoms with Crippen LogP contribution in [0.25, 0.3) is 0 Å². The van der Waals surface area contributed by atoms with E-state index in [1.165, 1.54) is 0 Å². The molecule has 0 heterocycles. The zero-order valence-corrected chi connectivity index (χ0v) is 20.2. The maximum absolute atomic E-state index is 6.06. The first-order chi connectivity index (χ1) is 14.5. The van der Waals surface area contributed by atoms with E-state index in [2.05, 4.69) is 6.92 Å². The average molecular weight is 463 g/mol. The van der Waals surface area contributed by atoms with E-state index in [9.17, 15) is 0 Å². The summed E-state index contributed by atoms with van der Waals surface area (Å²) < 4.78 is 28.7. The van der Waals surface area contributed by atoms with Gasteiger partial charge in [-0.25, -0.2) is 0 Å². The second kappa shape index (κ2) is 16.7. The molecule has 0 spiro atoms. The normalized spacial score (nSPS) is 11.0. The van der Waals surface area contributed by atoms with Crippen LogP contribution in [0.4, 0.5) is 0 Å². The van der Waals surface area contributed by atoms with Crippen molar-refractivity contribution in [3.8, 4) is 11.5 Å². The van der Waals surface area contributed by atoms with Crippen LogP contribution >= 0.6 is 23.2 Å². The van der Waals surface area contributed by atoms with E-state index in [1.54, 1.807) is 6.08 Å². The summed E-state index contributed by atoms with van der Waals surface area (Å²) in [6, 6.07) is 3.98. The highest BCUT2D eigenvalue weighted by Gasteiger charge is 2.10. The van der Waals surface area contributed by atoms with E-state index in [0.29, 0.717) is 39.6 Å². The summed E-state index contributed by atoms with van der Waals surface area (Å²) in [6.07, 6.45) is 4.93. The molecule has 172 valence electrons. The lowest BCUT2D eigenvalue weighted by atomic mass is 10.1. The molecule has 0 bridgehead atoms. The number of hydrogen-bond acceptors (Lipinski definition) is 5. The SMILES string of the molecule is CCOC(CCOCCCCOc1c(C)cc(OCC=C(Cl)Cl)cc1CC)OCC. The lowest BCUT2D eigenvalue weighted by Gasteiger charge is -2.17. The van der Waals surface area contributed by atoms with Crippen molar-refractivity contribution in [2.75, 3.05) is 39.6 Å². The van der Waals surface area contributed by atoms with Crippen LogP contribution in [-0.2, 0) is 20.6 Å². The van der Waals surface area contributed by atoms with Crippen LogP contribution in [-0.4, -0.2) is 45.9 Å². The molecular formula is C23H36Cl2O5. The smallest absolute Gasteiger partial charge is 0.159 e. The van der Waals surface area contributed by atoms with E-state index in [0.717, 1.165) is 48.3 Å². The Balaban J connectivity index is 2.33. The lowest BCUT2D eigenvalue weighted by molar-refractivity contribution is -0.146. The third kappa shape index (κ3) is 11.4. The molecule has 5 nitrogen and oxygen atoms in total. The van der Waals surface area contributed by atoms with Gasteiger partial charge in [0.1, 0.15) is 22.6 Å². The molecule has 0 N–H and O–H groups in total. The Morgan fingerprint density at radius 3 is 2.30 bits per heavy atom. The molecule has 0 unspecified atom stereocenters. The van der Waals surface area contributed by atoms with Crippen LogP contribution in [0.15, 0.2) is 22.7 Å². The monoisotopic (exact) mass is 462 g/mol. The largest absolute Gasteiger partial charge is 0.493 e. The van der Waals surface area contributed by atoms with E-state index in [4.69, 9.17) is 46.9 Å². The fourth-order valence-corrected chi connectivity index (χ4v) is 3.04. The summed E-state index contributed by atoms with van der Waals surface area (Å²) in [5, 5.41) is 0. The fourth-order valence-electron chi connectivity index (χ4n) is 2.91. The Kier molecular flexibility index (Phi) is 15.0. The minimum absolute atomic E-state index is 0.173. The van der Waals surface area contributed by atoms with Gasteiger partial charge < -0.3 is 23.7 Å². The molecule has 0 fully saturated rings. The molecule has 1 rings (SSSR count). The first-order valence-electron chi connectivity index (χ1n) is 10.7. The van der Waals surface area contributed by atoms with Crippen LogP contribution in [0.2, 0.25) is 0 Å². The van der Waals surface area contributed by atoms with Crippen molar-refractivity contribution in [2.24, 2.45) is 0 Å². The molecular weight excluding hydrogens is 427 g/mol. The number of benzene rings is 1. The van der Waals surface area contributed by atoms with Gasteiger partial charge in [-0.15, -0.1) is 0 Å². The first kappa shape index (κ1) is 27.1. The Morgan fingerprint density at radius 2 is 1.67 bits per heavy atom. The molecule has 7 heteroatoms. The zero-order valence-electron chi connectivity index (χ0n) is 18.7. The second-order valence-electron chi connectivity index (χ2n) is 6.68. The van der Waals surface area contributed by atoms with Gasteiger partial charge in [0.2, 0.25) is 0 Å². The summed E-state index contributed by atoms with van der Waals surface area (Å²) in [6.45, 7) is 11.7. The van der Waals surface area contributed by atoms with Crippen molar-refractivity contribution in [1.82, 2.24) is 0 Å². The number of rotatable bonds is 17. The Labute approximate surface area is 191 Å². The Bertz CT molecular complexity index is 612. The number of halogens is 2. The maximum atomic E-state index is 6.06. The fraction of sp³-hybridized carbons (Fsp3) is 0.652. The van der Waals surface area contributed by atoms with Gasteiger partial charge >= 0.3 is 0 Å². The van der Waals surface area contributed by atoms with Gasteiger partial charge in [-0.05, 0) is 69.4 Å². The second-order valence-corrected chi connectivity index (χ2v) is 7.69. The van der Waals surface area contributed by atoms with Crippen LogP contribution in [0, 0.1) is 6.92 Å². The molecule has 0 aliphatic heterocycles. The third-order valence-corrected chi connectivity index (χ3v) is 4.63. The van der Waals surface area contributed by atoms with Gasteiger partial charge in [-0.2, -0.15) is 0 Å². The Morgan fingerprint density at radius 1 is 0.967 bits per heavy atom. The Hall–Kier alpha value is -0.980. The van der Waals surface area contributed by atoms with Gasteiger partial charge in [-0.1, -0.05) is 30.1 Å². The van der Waals surface area contributed by atoms with Crippen LogP contribution in [0.5, 0.6) is 11.5 Å². The van der Waals surface area contributed by atoms with Crippen LogP contribution in [0.1, 0.15) is 51.2 Å². The summed E-state index contributed by atoms with van der Waals surface area (Å²) in [5.41, 5.74) is 2.18. The van der Waals surface area contributed by atoms with Crippen molar-refractivity contribution in [2.45, 2.75) is 59.7 Å². The number of unbranched alkanes of at least 4 members (excludes halogenated alkanes) is 1. The molecule has 0 saturated heterocycles. The average Bonchev–Trinajstić information content (AvgIpc) is 2.70. The minimum atomic E-state index is -0.173. The van der Waals surface area contributed by atoms with E-state index in [1.807, 2.05) is 32.9 Å². The van der Waals surface area contributed by atoms with Gasteiger partial charge in [0, 0.05) is 26.2 Å². The minimum Gasteiger partial charge on any atom is -0.493 e. The van der Waals surface area contributed by atoms with Crippen LogP contribution in [0.3, 0.4) is 0 Å².